The predicted octanol–water partition coefficient (Wildman–Crippen LogP) is 2.50. The minimum absolute atomic E-state index is 0.213. The van der Waals surface area contributed by atoms with Crippen molar-refractivity contribution in [2.75, 3.05) is 25.2 Å². The van der Waals surface area contributed by atoms with E-state index in [4.69, 9.17) is 14.2 Å². The molecule has 8 nitrogen and oxygen atoms in total. The average Bonchev–Trinajstić information content (AvgIpc) is 2.66. The van der Waals surface area contributed by atoms with Gasteiger partial charge in [0.1, 0.15) is 0 Å². The minimum atomic E-state index is -3.41. The van der Waals surface area contributed by atoms with Gasteiger partial charge in [0.2, 0.25) is 15.8 Å². The topological polar surface area (TPSA) is 108 Å². The van der Waals surface area contributed by atoms with Crippen molar-refractivity contribution in [3.63, 3.8) is 0 Å². The number of carbonyl (C=O) groups is 2. The van der Waals surface area contributed by atoms with Gasteiger partial charge in [0.25, 0.3) is 0 Å². The number of hydrogen-bond acceptors (Lipinski definition) is 7. The van der Waals surface area contributed by atoms with E-state index in [-0.39, 0.29) is 11.1 Å². The Labute approximate surface area is 163 Å². The number of Topliss-reactive ketones (excluding diaryl/α,β-unsaturated/α-hetero) is 1. The quantitative estimate of drug-likeness (QED) is 0.529. The second-order valence-corrected chi connectivity index (χ2v) is 7.68. The van der Waals surface area contributed by atoms with E-state index in [9.17, 15) is 18.0 Å². The molecule has 0 amide bonds. The van der Waals surface area contributed by atoms with Gasteiger partial charge in [-0.1, -0.05) is 0 Å². The number of ketones is 1. The molecule has 0 unspecified atom stereocenters. The number of nitrogens with one attached hydrogen (secondary N) is 1. The Kier molecular flexibility index (Phi) is 6.63. The molecule has 0 saturated heterocycles. The summed E-state index contributed by atoms with van der Waals surface area (Å²) in [6, 6.07) is 10.4. The summed E-state index contributed by atoms with van der Waals surface area (Å²) in [5, 5.41) is 0. The zero-order valence-corrected chi connectivity index (χ0v) is 16.7. The lowest BCUT2D eigenvalue weighted by molar-refractivity contribution is 0.0318. The Balaban J connectivity index is 2.08. The van der Waals surface area contributed by atoms with E-state index in [1.54, 1.807) is 6.07 Å². The minimum Gasteiger partial charge on any atom is -0.493 e. The molecule has 28 heavy (non-hydrogen) atoms. The molecule has 1 N–H and O–H groups in total. The Morgan fingerprint density at radius 2 is 1.50 bits per heavy atom. The van der Waals surface area contributed by atoms with Crippen LogP contribution in [-0.2, 0) is 14.8 Å². The number of anilines is 1. The average molecular weight is 407 g/mol. The van der Waals surface area contributed by atoms with Crippen molar-refractivity contribution in [2.24, 2.45) is 0 Å². The molecule has 0 aliphatic heterocycles. The van der Waals surface area contributed by atoms with Crippen molar-refractivity contribution in [3.05, 3.63) is 53.6 Å². The van der Waals surface area contributed by atoms with E-state index in [1.807, 2.05) is 0 Å². The molecular formula is C19H21NO7S. The smallest absolute Gasteiger partial charge is 0.338 e. The maximum Gasteiger partial charge on any atom is 0.338 e. The molecule has 0 bridgehead atoms. The van der Waals surface area contributed by atoms with Crippen LogP contribution in [0.2, 0.25) is 0 Å². The molecule has 0 saturated carbocycles. The maximum absolute atomic E-state index is 12.5. The van der Waals surface area contributed by atoms with E-state index in [0.29, 0.717) is 17.2 Å². The second-order valence-electron chi connectivity index (χ2n) is 5.93. The molecule has 2 aromatic rings. The first kappa shape index (κ1) is 21.2. The van der Waals surface area contributed by atoms with Crippen LogP contribution in [0.15, 0.2) is 42.5 Å². The summed E-state index contributed by atoms with van der Waals surface area (Å²) >= 11 is 0. The molecule has 0 aromatic heterocycles. The van der Waals surface area contributed by atoms with Gasteiger partial charge in [-0.25, -0.2) is 13.2 Å². The lowest BCUT2D eigenvalue weighted by atomic mass is 10.1. The van der Waals surface area contributed by atoms with Crippen molar-refractivity contribution >= 4 is 27.5 Å². The van der Waals surface area contributed by atoms with E-state index >= 15 is 0 Å². The van der Waals surface area contributed by atoms with Crippen LogP contribution >= 0.6 is 0 Å². The Bertz CT molecular complexity index is 968. The highest BCUT2D eigenvalue weighted by atomic mass is 32.2. The number of methoxy groups -OCH3 is 2. The van der Waals surface area contributed by atoms with E-state index in [2.05, 4.69) is 4.72 Å². The lowest BCUT2D eigenvalue weighted by Crippen LogP contribution is -2.24. The highest BCUT2D eigenvalue weighted by Crippen LogP contribution is 2.28. The van der Waals surface area contributed by atoms with E-state index in [0.717, 1.165) is 6.26 Å². The SMILES string of the molecule is COc1ccc(C(=O)O[C@@H](C)C(=O)c2ccc(NS(C)(=O)=O)cc2)cc1OC. The molecule has 2 rings (SSSR count). The van der Waals surface area contributed by atoms with Crippen LogP contribution in [0.1, 0.15) is 27.6 Å². The third-order valence-corrected chi connectivity index (χ3v) is 4.35. The van der Waals surface area contributed by atoms with Crippen molar-refractivity contribution in [2.45, 2.75) is 13.0 Å². The number of rotatable bonds is 8. The van der Waals surface area contributed by atoms with Crippen LogP contribution in [0.4, 0.5) is 5.69 Å². The van der Waals surface area contributed by atoms with Gasteiger partial charge in [0.05, 0.1) is 26.0 Å². The number of sulfonamides is 1. The lowest BCUT2D eigenvalue weighted by Gasteiger charge is -2.14. The summed E-state index contributed by atoms with van der Waals surface area (Å²) in [5.74, 6) is -0.271. The van der Waals surface area contributed by atoms with Gasteiger partial charge in [-0.2, -0.15) is 0 Å². The van der Waals surface area contributed by atoms with Crippen LogP contribution in [0.3, 0.4) is 0 Å². The molecule has 1 atom stereocenters. The first-order valence-corrected chi connectivity index (χ1v) is 10.1. The standard InChI is InChI=1S/C19H21NO7S/c1-12(18(21)13-5-8-15(9-6-13)20-28(4,23)24)27-19(22)14-7-10-16(25-2)17(11-14)26-3/h5-12,20H,1-4H3/t12-/m0/s1. The van der Waals surface area contributed by atoms with Crippen LogP contribution < -0.4 is 14.2 Å². The molecule has 0 heterocycles. The summed E-state index contributed by atoms with van der Waals surface area (Å²) in [5.41, 5.74) is 0.825. The van der Waals surface area contributed by atoms with Crippen molar-refractivity contribution in [1.82, 2.24) is 0 Å². The fraction of sp³-hybridized carbons (Fsp3) is 0.263. The Morgan fingerprint density at radius 1 is 0.929 bits per heavy atom. The number of carbonyl (C=O) groups excluding carboxylic acids is 2. The Morgan fingerprint density at radius 3 is 2.04 bits per heavy atom. The summed E-state index contributed by atoms with van der Waals surface area (Å²) < 4.78 is 40.2. The Hall–Kier alpha value is -3.07. The third kappa shape index (κ3) is 5.46. The zero-order valence-electron chi connectivity index (χ0n) is 15.9. The first-order chi connectivity index (χ1) is 13.1. The number of benzene rings is 2. The predicted molar refractivity (Wildman–Crippen MR) is 104 cm³/mol. The largest absolute Gasteiger partial charge is 0.493 e. The molecule has 150 valence electrons. The van der Waals surface area contributed by atoms with Gasteiger partial charge in [-0.3, -0.25) is 9.52 Å². The molecule has 0 aliphatic carbocycles. The number of ether oxygens (including phenoxy) is 3. The van der Waals surface area contributed by atoms with Crippen molar-refractivity contribution in [1.29, 1.82) is 0 Å². The molecule has 0 spiro atoms. The second kappa shape index (κ2) is 8.75. The highest BCUT2D eigenvalue weighted by molar-refractivity contribution is 7.92. The van der Waals surface area contributed by atoms with E-state index < -0.39 is 27.9 Å². The summed E-state index contributed by atoms with van der Waals surface area (Å²) in [6.45, 7) is 1.46. The molecule has 2 aromatic carbocycles. The highest BCUT2D eigenvalue weighted by Gasteiger charge is 2.21. The first-order valence-electron chi connectivity index (χ1n) is 8.19. The van der Waals surface area contributed by atoms with Crippen LogP contribution in [0.5, 0.6) is 11.5 Å². The van der Waals surface area contributed by atoms with Gasteiger partial charge < -0.3 is 14.2 Å². The zero-order chi connectivity index (χ0) is 20.9. The van der Waals surface area contributed by atoms with E-state index in [1.165, 1.54) is 57.5 Å². The maximum atomic E-state index is 12.5. The van der Waals surface area contributed by atoms with Gasteiger partial charge in [0.15, 0.2) is 17.6 Å². The fourth-order valence-electron chi connectivity index (χ4n) is 2.40. The third-order valence-electron chi connectivity index (χ3n) is 3.74. The molecular weight excluding hydrogens is 386 g/mol. The van der Waals surface area contributed by atoms with Crippen molar-refractivity contribution in [3.8, 4) is 11.5 Å². The van der Waals surface area contributed by atoms with Gasteiger partial charge in [-0.15, -0.1) is 0 Å². The number of hydrogen-bond donors (Lipinski definition) is 1. The van der Waals surface area contributed by atoms with Crippen LogP contribution in [0.25, 0.3) is 0 Å². The van der Waals surface area contributed by atoms with Gasteiger partial charge >= 0.3 is 5.97 Å². The monoisotopic (exact) mass is 407 g/mol. The normalized spacial score (nSPS) is 12.0. The number of esters is 1. The summed E-state index contributed by atoms with van der Waals surface area (Å²) in [6.07, 6.45) is -0.00353. The molecule has 0 radical (unpaired) electrons. The molecule has 0 fully saturated rings. The van der Waals surface area contributed by atoms with Gasteiger partial charge in [0, 0.05) is 11.3 Å². The van der Waals surface area contributed by atoms with Crippen LogP contribution in [0, 0.1) is 0 Å². The summed E-state index contributed by atoms with van der Waals surface area (Å²) in [7, 11) is -0.482. The summed E-state index contributed by atoms with van der Waals surface area (Å²) in [4.78, 5) is 24.8. The van der Waals surface area contributed by atoms with Crippen molar-refractivity contribution < 1.29 is 32.2 Å². The van der Waals surface area contributed by atoms with Crippen LogP contribution in [-0.4, -0.2) is 46.7 Å². The van der Waals surface area contributed by atoms with Gasteiger partial charge in [-0.05, 0) is 49.4 Å². The molecule has 9 heteroatoms. The molecule has 0 aliphatic rings. The fourth-order valence-corrected chi connectivity index (χ4v) is 2.96.